The first-order valence-electron chi connectivity index (χ1n) is 8.69. The summed E-state index contributed by atoms with van der Waals surface area (Å²) in [7, 11) is 0. The quantitative estimate of drug-likeness (QED) is 0.904. The SMILES string of the molecule is CC1CNC(c2ccccc2)CN1CC1(C)CCCCC1. The highest BCUT2D eigenvalue weighted by Crippen LogP contribution is 2.37. The van der Waals surface area contributed by atoms with Crippen LogP contribution in [0, 0.1) is 5.41 Å². The fourth-order valence-electron chi connectivity index (χ4n) is 4.10. The third-order valence-corrected chi connectivity index (χ3v) is 5.55. The molecule has 21 heavy (non-hydrogen) atoms. The molecule has 0 spiro atoms. The van der Waals surface area contributed by atoms with E-state index in [1.807, 2.05) is 0 Å². The van der Waals surface area contributed by atoms with E-state index < -0.39 is 0 Å². The highest BCUT2D eigenvalue weighted by Gasteiger charge is 2.33. The van der Waals surface area contributed by atoms with Crippen LogP contribution < -0.4 is 5.32 Å². The van der Waals surface area contributed by atoms with Crippen molar-refractivity contribution < 1.29 is 0 Å². The summed E-state index contributed by atoms with van der Waals surface area (Å²) >= 11 is 0. The molecule has 1 aliphatic heterocycles. The fourth-order valence-corrected chi connectivity index (χ4v) is 4.10. The largest absolute Gasteiger partial charge is 0.307 e. The first kappa shape index (κ1) is 15.1. The molecule has 1 saturated carbocycles. The summed E-state index contributed by atoms with van der Waals surface area (Å²) < 4.78 is 0. The molecule has 2 fully saturated rings. The van der Waals surface area contributed by atoms with E-state index in [0.717, 1.165) is 13.1 Å². The van der Waals surface area contributed by atoms with Crippen LogP contribution in [0.5, 0.6) is 0 Å². The third kappa shape index (κ3) is 3.67. The van der Waals surface area contributed by atoms with Gasteiger partial charge in [-0.3, -0.25) is 4.90 Å². The van der Waals surface area contributed by atoms with Crippen molar-refractivity contribution in [2.45, 2.75) is 58.0 Å². The van der Waals surface area contributed by atoms with Gasteiger partial charge in [0.25, 0.3) is 0 Å². The first-order valence-corrected chi connectivity index (χ1v) is 8.69. The Morgan fingerprint density at radius 3 is 2.57 bits per heavy atom. The highest BCUT2D eigenvalue weighted by atomic mass is 15.2. The van der Waals surface area contributed by atoms with Crippen LogP contribution in [0.3, 0.4) is 0 Å². The summed E-state index contributed by atoms with van der Waals surface area (Å²) in [5.41, 5.74) is 1.98. The number of hydrogen-bond donors (Lipinski definition) is 1. The molecular weight excluding hydrogens is 256 g/mol. The van der Waals surface area contributed by atoms with Crippen LogP contribution in [0.4, 0.5) is 0 Å². The van der Waals surface area contributed by atoms with Gasteiger partial charge in [-0.1, -0.05) is 56.5 Å². The second kappa shape index (κ2) is 6.50. The van der Waals surface area contributed by atoms with Crippen LogP contribution in [0.1, 0.15) is 57.6 Å². The smallest absolute Gasteiger partial charge is 0.0449 e. The van der Waals surface area contributed by atoms with Crippen LogP contribution in [0.15, 0.2) is 30.3 Å². The average Bonchev–Trinajstić information content (AvgIpc) is 2.51. The summed E-state index contributed by atoms with van der Waals surface area (Å²) in [6.45, 7) is 8.43. The van der Waals surface area contributed by atoms with Gasteiger partial charge in [0.2, 0.25) is 0 Å². The molecule has 0 aromatic heterocycles. The Bertz CT molecular complexity index is 436. The molecule has 1 aromatic rings. The number of piperazine rings is 1. The zero-order valence-corrected chi connectivity index (χ0v) is 13.6. The fraction of sp³-hybridized carbons (Fsp3) is 0.684. The molecule has 1 aromatic carbocycles. The normalized spacial score (nSPS) is 30.2. The van der Waals surface area contributed by atoms with Gasteiger partial charge in [0.05, 0.1) is 0 Å². The van der Waals surface area contributed by atoms with E-state index in [4.69, 9.17) is 0 Å². The third-order valence-electron chi connectivity index (χ3n) is 5.55. The summed E-state index contributed by atoms with van der Waals surface area (Å²) in [5.74, 6) is 0. The Hall–Kier alpha value is -0.860. The predicted octanol–water partition coefficient (Wildman–Crippen LogP) is 3.99. The number of rotatable bonds is 3. The van der Waals surface area contributed by atoms with Gasteiger partial charge >= 0.3 is 0 Å². The Morgan fingerprint density at radius 1 is 1.14 bits per heavy atom. The highest BCUT2D eigenvalue weighted by molar-refractivity contribution is 5.20. The van der Waals surface area contributed by atoms with Crippen molar-refractivity contribution in [1.82, 2.24) is 10.2 Å². The Balaban J connectivity index is 1.66. The second-order valence-corrected chi connectivity index (χ2v) is 7.52. The number of nitrogens with zero attached hydrogens (tertiary/aromatic N) is 1. The summed E-state index contributed by atoms with van der Waals surface area (Å²) in [5, 5.41) is 3.72. The van der Waals surface area contributed by atoms with E-state index in [1.54, 1.807) is 0 Å². The summed E-state index contributed by atoms with van der Waals surface area (Å²) in [6, 6.07) is 12.1. The van der Waals surface area contributed by atoms with Crippen molar-refractivity contribution in [3.8, 4) is 0 Å². The number of benzene rings is 1. The maximum atomic E-state index is 3.72. The molecule has 1 aliphatic carbocycles. The van der Waals surface area contributed by atoms with Gasteiger partial charge in [0, 0.05) is 31.7 Å². The van der Waals surface area contributed by atoms with E-state index >= 15 is 0 Å². The van der Waals surface area contributed by atoms with Gasteiger partial charge in [-0.05, 0) is 30.7 Å². The van der Waals surface area contributed by atoms with E-state index in [0.29, 0.717) is 17.5 Å². The van der Waals surface area contributed by atoms with Crippen LogP contribution in [0.2, 0.25) is 0 Å². The van der Waals surface area contributed by atoms with E-state index in [1.165, 1.54) is 44.2 Å². The zero-order chi connectivity index (χ0) is 14.7. The molecule has 2 atom stereocenters. The van der Waals surface area contributed by atoms with E-state index in [-0.39, 0.29) is 0 Å². The lowest BCUT2D eigenvalue weighted by Gasteiger charge is -2.45. The lowest BCUT2D eigenvalue weighted by atomic mass is 9.75. The van der Waals surface area contributed by atoms with Crippen LogP contribution in [0.25, 0.3) is 0 Å². The maximum absolute atomic E-state index is 3.72. The van der Waals surface area contributed by atoms with Crippen molar-refractivity contribution in [3.05, 3.63) is 35.9 Å². The summed E-state index contributed by atoms with van der Waals surface area (Å²) in [6.07, 6.45) is 7.14. The van der Waals surface area contributed by atoms with Crippen molar-refractivity contribution in [1.29, 1.82) is 0 Å². The zero-order valence-electron chi connectivity index (χ0n) is 13.6. The first-order chi connectivity index (χ1) is 10.2. The Labute approximate surface area is 129 Å². The molecule has 0 bridgehead atoms. The summed E-state index contributed by atoms with van der Waals surface area (Å²) in [4.78, 5) is 2.74. The van der Waals surface area contributed by atoms with Crippen molar-refractivity contribution in [2.24, 2.45) is 5.41 Å². The van der Waals surface area contributed by atoms with Gasteiger partial charge in [-0.15, -0.1) is 0 Å². The van der Waals surface area contributed by atoms with Gasteiger partial charge in [-0.25, -0.2) is 0 Å². The van der Waals surface area contributed by atoms with E-state index in [9.17, 15) is 0 Å². The molecular formula is C19H30N2. The van der Waals surface area contributed by atoms with Gasteiger partial charge in [0.1, 0.15) is 0 Å². The van der Waals surface area contributed by atoms with Crippen molar-refractivity contribution in [3.63, 3.8) is 0 Å². The van der Waals surface area contributed by atoms with Gasteiger partial charge in [-0.2, -0.15) is 0 Å². The Morgan fingerprint density at radius 2 is 1.86 bits per heavy atom. The molecule has 1 N–H and O–H groups in total. The number of nitrogens with one attached hydrogen (secondary N) is 1. The molecule has 2 nitrogen and oxygen atoms in total. The van der Waals surface area contributed by atoms with Crippen molar-refractivity contribution in [2.75, 3.05) is 19.6 Å². The van der Waals surface area contributed by atoms with Crippen LogP contribution in [-0.2, 0) is 0 Å². The topological polar surface area (TPSA) is 15.3 Å². The van der Waals surface area contributed by atoms with E-state index in [2.05, 4.69) is 54.4 Å². The minimum atomic E-state index is 0.495. The molecule has 2 heteroatoms. The molecule has 2 aliphatic rings. The average molecular weight is 286 g/mol. The molecule has 2 unspecified atom stereocenters. The maximum Gasteiger partial charge on any atom is 0.0449 e. The van der Waals surface area contributed by atoms with Crippen LogP contribution in [-0.4, -0.2) is 30.6 Å². The van der Waals surface area contributed by atoms with Crippen molar-refractivity contribution >= 4 is 0 Å². The van der Waals surface area contributed by atoms with Crippen LogP contribution >= 0.6 is 0 Å². The lowest BCUT2D eigenvalue weighted by Crippen LogP contribution is -2.54. The van der Waals surface area contributed by atoms with Gasteiger partial charge < -0.3 is 5.32 Å². The number of hydrogen-bond acceptors (Lipinski definition) is 2. The monoisotopic (exact) mass is 286 g/mol. The molecule has 0 amide bonds. The predicted molar refractivity (Wildman–Crippen MR) is 89.4 cm³/mol. The van der Waals surface area contributed by atoms with Gasteiger partial charge in [0.15, 0.2) is 0 Å². The standard InChI is InChI=1S/C19H30N2/c1-16-13-20-18(17-9-5-3-6-10-17)14-21(16)15-19(2)11-7-4-8-12-19/h3,5-6,9-10,16,18,20H,4,7-8,11-15H2,1-2H3. The minimum Gasteiger partial charge on any atom is -0.307 e. The molecule has 3 rings (SSSR count). The molecule has 1 heterocycles. The Kier molecular flexibility index (Phi) is 4.66. The molecule has 116 valence electrons. The molecule has 1 saturated heterocycles. The minimum absolute atomic E-state index is 0.495. The second-order valence-electron chi connectivity index (χ2n) is 7.52. The lowest BCUT2D eigenvalue weighted by molar-refractivity contribution is 0.0643. The molecule has 0 radical (unpaired) electrons.